The zero-order valence-corrected chi connectivity index (χ0v) is 12.1. The van der Waals surface area contributed by atoms with Crippen LogP contribution in [-0.2, 0) is 4.74 Å². The van der Waals surface area contributed by atoms with Crippen molar-refractivity contribution in [3.63, 3.8) is 0 Å². The number of rotatable bonds is 5. The number of ether oxygens (including phenoxy) is 2. The van der Waals surface area contributed by atoms with Crippen LogP contribution in [-0.4, -0.2) is 55.6 Å². The van der Waals surface area contributed by atoms with Crippen LogP contribution >= 0.6 is 11.6 Å². The molecule has 1 atom stereocenters. The Kier molecular flexibility index (Phi) is 7.49. The molecule has 1 unspecified atom stereocenters. The van der Waals surface area contributed by atoms with Gasteiger partial charge < -0.3 is 27.0 Å². The summed E-state index contributed by atoms with van der Waals surface area (Å²) in [5, 5.41) is 10.6. The van der Waals surface area contributed by atoms with Gasteiger partial charge in [0.15, 0.2) is 0 Å². The normalized spacial score (nSPS) is 17.6. The van der Waals surface area contributed by atoms with E-state index >= 15 is 0 Å². The molecule has 0 amide bonds. The van der Waals surface area contributed by atoms with Crippen LogP contribution in [0, 0.1) is 0 Å². The number of hydrogen-bond donors (Lipinski definition) is 1. The maximum atomic E-state index is 9.88. The summed E-state index contributed by atoms with van der Waals surface area (Å²) in [6, 6.07) is 7.13. The second-order valence-electron chi connectivity index (χ2n) is 4.33. The monoisotopic (exact) mass is 306 g/mol. The fourth-order valence-corrected chi connectivity index (χ4v) is 1.98. The Labute approximate surface area is 124 Å². The highest BCUT2D eigenvalue weighted by molar-refractivity contribution is 6.30. The topological polar surface area (TPSA) is 41.9 Å². The lowest BCUT2D eigenvalue weighted by atomic mass is 10.3. The number of aliphatic hydroxyl groups excluding tert-OH is 1. The third-order valence-electron chi connectivity index (χ3n) is 2.83. The molecule has 1 aliphatic rings. The van der Waals surface area contributed by atoms with Crippen molar-refractivity contribution in [3.05, 3.63) is 29.3 Å². The molecule has 0 saturated carbocycles. The van der Waals surface area contributed by atoms with Gasteiger partial charge in [-0.2, -0.15) is 0 Å². The van der Waals surface area contributed by atoms with Crippen LogP contribution in [0.2, 0.25) is 5.02 Å². The van der Waals surface area contributed by atoms with Gasteiger partial charge in [0.05, 0.1) is 13.2 Å². The summed E-state index contributed by atoms with van der Waals surface area (Å²) in [5.41, 5.74) is 0. The largest absolute Gasteiger partial charge is 1.00 e. The number of morpholine rings is 1. The Hall–Kier alpha value is -0.520. The van der Waals surface area contributed by atoms with Gasteiger partial charge in [0, 0.05) is 24.7 Å². The van der Waals surface area contributed by atoms with E-state index in [2.05, 4.69) is 4.90 Å². The number of benzene rings is 1. The summed E-state index contributed by atoms with van der Waals surface area (Å²) in [7, 11) is 0. The third-order valence-corrected chi connectivity index (χ3v) is 3.08. The minimum atomic E-state index is -0.487. The Bertz CT molecular complexity index is 355. The molecule has 1 fully saturated rings. The molecular formula is C13H18Cl2NO3-. The highest BCUT2D eigenvalue weighted by atomic mass is 35.5. The van der Waals surface area contributed by atoms with Gasteiger partial charge in [-0.1, -0.05) is 11.6 Å². The summed E-state index contributed by atoms with van der Waals surface area (Å²) in [6.07, 6.45) is -0.487. The highest BCUT2D eigenvalue weighted by Gasteiger charge is 2.15. The molecule has 0 aromatic heterocycles. The van der Waals surface area contributed by atoms with E-state index in [9.17, 15) is 5.11 Å². The van der Waals surface area contributed by atoms with Crippen LogP contribution in [0.15, 0.2) is 24.3 Å². The molecule has 108 valence electrons. The fraction of sp³-hybridized carbons (Fsp3) is 0.538. The van der Waals surface area contributed by atoms with Crippen molar-refractivity contribution < 1.29 is 27.0 Å². The zero-order chi connectivity index (χ0) is 12.8. The summed E-state index contributed by atoms with van der Waals surface area (Å²) < 4.78 is 10.8. The first-order valence-electron chi connectivity index (χ1n) is 6.10. The van der Waals surface area contributed by atoms with Gasteiger partial charge in [0.25, 0.3) is 0 Å². The minimum Gasteiger partial charge on any atom is -1.00 e. The van der Waals surface area contributed by atoms with E-state index < -0.39 is 6.10 Å². The second kappa shape index (κ2) is 8.61. The second-order valence-corrected chi connectivity index (χ2v) is 4.77. The first-order valence-corrected chi connectivity index (χ1v) is 6.48. The predicted octanol–water partition coefficient (Wildman–Crippen LogP) is -1.58. The molecule has 0 bridgehead atoms. The Balaban J connectivity index is 0.00000180. The number of β-amino-alcohol motifs (C(OH)–C–C–N with tert-alkyl or cyclic N) is 1. The molecule has 1 aromatic rings. The van der Waals surface area contributed by atoms with Crippen molar-refractivity contribution >= 4 is 11.6 Å². The molecule has 0 aliphatic carbocycles. The first-order chi connectivity index (χ1) is 8.74. The lowest BCUT2D eigenvalue weighted by Gasteiger charge is -2.28. The molecule has 2 rings (SSSR count). The van der Waals surface area contributed by atoms with E-state index in [1.54, 1.807) is 24.3 Å². The zero-order valence-electron chi connectivity index (χ0n) is 10.6. The average Bonchev–Trinajstić information content (AvgIpc) is 2.39. The van der Waals surface area contributed by atoms with Gasteiger partial charge in [-0.25, -0.2) is 0 Å². The lowest BCUT2D eigenvalue weighted by Crippen LogP contribution is -3.00. The molecule has 4 nitrogen and oxygen atoms in total. The van der Waals surface area contributed by atoms with Crippen LogP contribution in [0.3, 0.4) is 0 Å². The number of hydrogen-bond acceptors (Lipinski definition) is 4. The van der Waals surface area contributed by atoms with Crippen LogP contribution < -0.4 is 17.1 Å². The molecule has 1 heterocycles. The van der Waals surface area contributed by atoms with Crippen LogP contribution in [0.25, 0.3) is 0 Å². The summed E-state index contributed by atoms with van der Waals surface area (Å²) in [5.74, 6) is 0.723. The van der Waals surface area contributed by atoms with E-state index in [1.165, 1.54) is 0 Å². The maximum absolute atomic E-state index is 9.88. The average molecular weight is 307 g/mol. The van der Waals surface area contributed by atoms with Gasteiger partial charge in [0.1, 0.15) is 18.5 Å². The lowest BCUT2D eigenvalue weighted by molar-refractivity contribution is -0.0000331. The molecule has 1 N–H and O–H groups in total. The van der Waals surface area contributed by atoms with Crippen molar-refractivity contribution in [3.8, 4) is 5.75 Å². The molecule has 1 aliphatic heterocycles. The molecule has 19 heavy (non-hydrogen) atoms. The molecule has 0 spiro atoms. The summed E-state index contributed by atoms with van der Waals surface area (Å²) in [6.45, 7) is 4.14. The van der Waals surface area contributed by atoms with Crippen molar-refractivity contribution in [1.82, 2.24) is 4.90 Å². The van der Waals surface area contributed by atoms with Gasteiger partial charge in [0.2, 0.25) is 0 Å². The molecule has 6 heteroatoms. The van der Waals surface area contributed by atoms with Crippen molar-refractivity contribution in [2.24, 2.45) is 0 Å². The van der Waals surface area contributed by atoms with E-state index in [0.717, 1.165) is 32.1 Å². The van der Waals surface area contributed by atoms with Crippen LogP contribution in [0.4, 0.5) is 0 Å². The van der Waals surface area contributed by atoms with Crippen LogP contribution in [0.1, 0.15) is 0 Å². The standard InChI is InChI=1S/C13H18ClNO3.ClH/c14-11-1-3-13(4-2-11)18-10-12(16)9-15-5-7-17-8-6-15;/h1-4,12,16H,5-10H2;1H/p-1. The highest BCUT2D eigenvalue weighted by Crippen LogP contribution is 2.15. The van der Waals surface area contributed by atoms with E-state index in [-0.39, 0.29) is 12.4 Å². The molecule has 0 radical (unpaired) electrons. The van der Waals surface area contributed by atoms with E-state index in [0.29, 0.717) is 18.2 Å². The SMILES string of the molecule is OC(COc1ccc(Cl)cc1)CN1CCOCC1.[Cl-]. The number of nitrogens with zero attached hydrogens (tertiary/aromatic N) is 1. The summed E-state index contributed by atoms with van der Waals surface area (Å²) in [4.78, 5) is 2.18. The third kappa shape index (κ3) is 5.97. The van der Waals surface area contributed by atoms with E-state index in [4.69, 9.17) is 21.1 Å². The quantitative estimate of drug-likeness (QED) is 0.713. The Morgan fingerprint density at radius 2 is 1.89 bits per heavy atom. The van der Waals surface area contributed by atoms with Crippen molar-refractivity contribution in [2.75, 3.05) is 39.5 Å². The van der Waals surface area contributed by atoms with Crippen molar-refractivity contribution in [1.29, 1.82) is 0 Å². The molecule has 1 aromatic carbocycles. The number of halogens is 2. The smallest absolute Gasteiger partial charge is 0.119 e. The van der Waals surface area contributed by atoms with Crippen molar-refractivity contribution in [2.45, 2.75) is 6.10 Å². The first kappa shape index (κ1) is 16.5. The number of aliphatic hydroxyl groups is 1. The maximum Gasteiger partial charge on any atom is 0.119 e. The van der Waals surface area contributed by atoms with Gasteiger partial charge in [-0.15, -0.1) is 0 Å². The predicted molar refractivity (Wildman–Crippen MR) is 70.2 cm³/mol. The van der Waals surface area contributed by atoms with Gasteiger partial charge in [-0.05, 0) is 24.3 Å². The Morgan fingerprint density at radius 1 is 1.26 bits per heavy atom. The molecular weight excluding hydrogens is 289 g/mol. The van der Waals surface area contributed by atoms with E-state index in [1.807, 2.05) is 0 Å². The Morgan fingerprint density at radius 3 is 2.53 bits per heavy atom. The van der Waals surface area contributed by atoms with Gasteiger partial charge >= 0.3 is 0 Å². The summed E-state index contributed by atoms with van der Waals surface area (Å²) >= 11 is 5.78. The minimum absolute atomic E-state index is 0. The molecule has 1 saturated heterocycles. The van der Waals surface area contributed by atoms with Gasteiger partial charge in [-0.3, -0.25) is 4.90 Å². The van der Waals surface area contributed by atoms with Crippen LogP contribution in [0.5, 0.6) is 5.75 Å². The fourth-order valence-electron chi connectivity index (χ4n) is 1.86.